The number of carbonyl (C=O) groups excluding carboxylic acids is 1. The number of thiocarbonyl (C=S) groups is 1. The predicted octanol–water partition coefficient (Wildman–Crippen LogP) is 4.40. The van der Waals surface area contributed by atoms with Crippen molar-refractivity contribution < 1.29 is 19.4 Å². The first-order chi connectivity index (χ1) is 14.4. The summed E-state index contributed by atoms with van der Waals surface area (Å²) in [5.41, 5.74) is 2.73. The van der Waals surface area contributed by atoms with Gasteiger partial charge in [-0.2, -0.15) is 0 Å². The summed E-state index contributed by atoms with van der Waals surface area (Å²) in [5, 5.41) is 14.7. The quantitative estimate of drug-likeness (QED) is 0.513. The molecule has 0 atom stereocenters. The number of rotatable bonds is 6. The van der Waals surface area contributed by atoms with Gasteiger partial charge in [0.1, 0.15) is 12.4 Å². The lowest BCUT2D eigenvalue weighted by Gasteiger charge is -2.13. The van der Waals surface area contributed by atoms with Gasteiger partial charge in [0.25, 0.3) is 5.91 Å². The fourth-order valence-corrected chi connectivity index (χ4v) is 2.91. The minimum absolute atomic E-state index is 0.0802. The Labute approximate surface area is 179 Å². The van der Waals surface area contributed by atoms with E-state index in [4.69, 9.17) is 22.1 Å². The predicted molar refractivity (Wildman–Crippen MR) is 119 cm³/mol. The number of amides is 1. The Morgan fingerprint density at radius 2 is 1.73 bits per heavy atom. The average molecular weight is 420 g/mol. The zero-order valence-electron chi connectivity index (χ0n) is 16.2. The summed E-state index contributed by atoms with van der Waals surface area (Å²) in [6, 6.07) is 21.1. The molecule has 3 aromatic rings. The molecule has 0 aliphatic heterocycles. The van der Waals surface area contributed by atoms with Crippen LogP contribution >= 0.6 is 12.2 Å². The maximum absolute atomic E-state index is 12.6. The maximum Gasteiger partial charge on any atom is 0.335 e. The number of carbonyl (C=O) groups is 2. The number of para-hydroxylation sites is 1. The van der Waals surface area contributed by atoms with E-state index in [-0.39, 0.29) is 16.6 Å². The van der Waals surface area contributed by atoms with Crippen molar-refractivity contribution in [2.75, 3.05) is 5.32 Å². The van der Waals surface area contributed by atoms with Gasteiger partial charge >= 0.3 is 5.97 Å². The highest BCUT2D eigenvalue weighted by Crippen LogP contribution is 2.17. The van der Waals surface area contributed by atoms with Crippen molar-refractivity contribution in [3.63, 3.8) is 0 Å². The highest BCUT2D eigenvalue weighted by Gasteiger charge is 2.11. The van der Waals surface area contributed by atoms with E-state index in [1.165, 1.54) is 12.1 Å². The molecule has 6 nitrogen and oxygen atoms in total. The fourth-order valence-electron chi connectivity index (χ4n) is 2.70. The van der Waals surface area contributed by atoms with Gasteiger partial charge in [-0.05, 0) is 66.7 Å². The average Bonchev–Trinajstić information content (AvgIpc) is 2.74. The minimum Gasteiger partial charge on any atom is -0.489 e. The molecule has 0 saturated carbocycles. The summed E-state index contributed by atoms with van der Waals surface area (Å²) in [5.74, 6) is -0.666. The number of carboxylic acids is 1. The van der Waals surface area contributed by atoms with E-state index >= 15 is 0 Å². The lowest BCUT2D eigenvalue weighted by atomic mass is 10.1. The van der Waals surface area contributed by atoms with Gasteiger partial charge in [0.15, 0.2) is 5.11 Å². The Hall–Kier alpha value is -3.71. The summed E-state index contributed by atoms with van der Waals surface area (Å²) in [4.78, 5) is 23.7. The molecule has 3 rings (SSSR count). The smallest absolute Gasteiger partial charge is 0.335 e. The van der Waals surface area contributed by atoms with Gasteiger partial charge in [-0.1, -0.05) is 36.4 Å². The number of hydrogen-bond acceptors (Lipinski definition) is 4. The van der Waals surface area contributed by atoms with Gasteiger partial charge in [0, 0.05) is 11.3 Å². The van der Waals surface area contributed by atoms with E-state index < -0.39 is 5.97 Å². The van der Waals surface area contributed by atoms with Gasteiger partial charge in [-0.15, -0.1) is 0 Å². The van der Waals surface area contributed by atoms with Crippen LogP contribution in [0.5, 0.6) is 5.75 Å². The molecule has 0 bridgehead atoms. The lowest BCUT2D eigenvalue weighted by molar-refractivity contribution is 0.0696. The van der Waals surface area contributed by atoms with Crippen molar-refractivity contribution in [1.82, 2.24) is 5.32 Å². The van der Waals surface area contributed by atoms with E-state index in [0.29, 0.717) is 17.9 Å². The largest absolute Gasteiger partial charge is 0.489 e. The number of hydrogen-bond donors (Lipinski definition) is 3. The highest BCUT2D eigenvalue weighted by atomic mass is 32.1. The molecule has 0 fully saturated rings. The van der Waals surface area contributed by atoms with Gasteiger partial charge in [0.2, 0.25) is 0 Å². The first-order valence-corrected chi connectivity index (χ1v) is 9.56. The summed E-state index contributed by atoms with van der Waals surface area (Å²) >= 11 is 5.21. The summed E-state index contributed by atoms with van der Waals surface area (Å²) < 4.78 is 5.71. The third kappa shape index (κ3) is 5.65. The van der Waals surface area contributed by atoms with Crippen molar-refractivity contribution in [2.24, 2.45) is 0 Å². The van der Waals surface area contributed by atoms with Crippen molar-refractivity contribution in [3.05, 3.63) is 95.1 Å². The van der Waals surface area contributed by atoms with Gasteiger partial charge < -0.3 is 15.2 Å². The zero-order chi connectivity index (χ0) is 21.5. The SMILES string of the molecule is Cc1ccc(C(=O)O)cc1NC(=S)NC(=O)c1cccc(COc2ccccc2)c1. The van der Waals surface area contributed by atoms with Crippen LogP contribution in [0.1, 0.15) is 31.8 Å². The monoisotopic (exact) mass is 420 g/mol. The number of aromatic carboxylic acids is 1. The first-order valence-electron chi connectivity index (χ1n) is 9.15. The van der Waals surface area contributed by atoms with E-state index in [9.17, 15) is 9.59 Å². The summed E-state index contributed by atoms with van der Waals surface area (Å²) in [6.07, 6.45) is 0. The number of ether oxygens (including phenoxy) is 1. The lowest BCUT2D eigenvalue weighted by Crippen LogP contribution is -2.34. The standard InChI is InChI=1S/C23H20N2O4S/c1-15-10-11-18(22(27)28)13-20(15)24-23(30)25-21(26)17-7-5-6-16(12-17)14-29-19-8-3-2-4-9-19/h2-13H,14H2,1H3,(H,27,28)(H2,24,25,26,30). The van der Waals surface area contributed by atoms with Gasteiger partial charge in [0.05, 0.1) is 5.56 Å². The Morgan fingerprint density at radius 3 is 2.47 bits per heavy atom. The molecule has 0 saturated heterocycles. The first kappa shape index (κ1) is 21.0. The Kier molecular flexibility index (Phi) is 6.77. The topological polar surface area (TPSA) is 87.7 Å². The van der Waals surface area contributed by atoms with Crippen LogP contribution in [-0.2, 0) is 6.61 Å². The molecular formula is C23H20N2O4S. The Bertz CT molecular complexity index is 1080. The Morgan fingerprint density at radius 1 is 0.967 bits per heavy atom. The number of nitrogens with one attached hydrogen (secondary N) is 2. The molecule has 0 aliphatic carbocycles. The van der Waals surface area contributed by atoms with E-state index in [1.807, 2.05) is 43.3 Å². The second kappa shape index (κ2) is 9.67. The third-order valence-corrected chi connectivity index (χ3v) is 4.50. The molecule has 30 heavy (non-hydrogen) atoms. The van der Waals surface area contributed by atoms with Crippen LogP contribution in [0, 0.1) is 6.92 Å². The normalized spacial score (nSPS) is 10.2. The van der Waals surface area contributed by atoms with Crippen molar-refractivity contribution >= 4 is 34.9 Å². The number of aryl methyl sites for hydroxylation is 1. The highest BCUT2D eigenvalue weighted by molar-refractivity contribution is 7.80. The molecule has 0 unspecified atom stereocenters. The molecule has 1 amide bonds. The molecule has 0 aromatic heterocycles. The fraction of sp³-hybridized carbons (Fsp3) is 0.0870. The number of carboxylic acid groups (broad SMARTS) is 1. The molecular weight excluding hydrogens is 400 g/mol. The van der Waals surface area contributed by atoms with Crippen molar-refractivity contribution in [3.8, 4) is 5.75 Å². The van der Waals surface area contributed by atoms with Crippen LogP contribution in [0.4, 0.5) is 5.69 Å². The van der Waals surface area contributed by atoms with Crippen LogP contribution in [0.25, 0.3) is 0 Å². The molecule has 3 N–H and O–H groups in total. The third-order valence-electron chi connectivity index (χ3n) is 4.30. The zero-order valence-corrected chi connectivity index (χ0v) is 17.0. The van der Waals surface area contributed by atoms with Crippen LogP contribution in [0.2, 0.25) is 0 Å². The molecule has 3 aromatic carbocycles. The van der Waals surface area contributed by atoms with E-state index in [1.54, 1.807) is 24.3 Å². The van der Waals surface area contributed by atoms with Crippen molar-refractivity contribution in [2.45, 2.75) is 13.5 Å². The minimum atomic E-state index is -1.04. The molecule has 0 heterocycles. The van der Waals surface area contributed by atoms with Crippen LogP contribution in [0.15, 0.2) is 72.8 Å². The maximum atomic E-state index is 12.6. The Balaban J connectivity index is 1.62. The second-order valence-corrected chi connectivity index (χ2v) is 6.95. The van der Waals surface area contributed by atoms with Crippen LogP contribution < -0.4 is 15.4 Å². The van der Waals surface area contributed by atoms with Crippen molar-refractivity contribution in [1.29, 1.82) is 0 Å². The number of benzene rings is 3. The van der Waals surface area contributed by atoms with Gasteiger partial charge in [-0.25, -0.2) is 4.79 Å². The van der Waals surface area contributed by atoms with E-state index in [0.717, 1.165) is 16.9 Å². The molecule has 0 radical (unpaired) electrons. The molecule has 152 valence electrons. The summed E-state index contributed by atoms with van der Waals surface area (Å²) in [7, 11) is 0. The van der Waals surface area contributed by atoms with Crippen LogP contribution in [0.3, 0.4) is 0 Å². The van der Waals surface area contributed by atoms with Gasteiger partial charge in [-0.3, -0.25) is 10.1 Å². The molecule has 7 heteroatoms. The molecule has 0 aliphatic rings. The molecule has 0 spiro atoms. The number of anilines is 1. The second-order valence-electron chi connectivity index (χ2n) is 6.55. The van der Waals surface area contributed by atoms with Crippen LogP contribution in [-0.4, -0.2) is 22.1 Å². The van der Waals surface area contributed by atoms with E-state index in [2.05, 4.69) is 10.6 Å². The summed E-state index contributed by atoms with van der Waals surface area (Å²) in [6.45, 7) is 2.14.